The van der Waals surface area contributed by atoms with Gasteiger partial charge >= 0.3 is 0 Å². The Labute approximate surface area is 130 Å². The minimum Gasteiger partial charge on any atom is -0.353 e. The number of carbonyl (C=O) groups is 2. The van der Waals surface area contributed by atoms with Gasteiger partial charge < -0.3 is 10.2 Å². The minimum absolute atomic E-state index is 0.0134. The summed E-state index contributed by atoms with van der Waals surface area (Å²) in [6.45, 7) is 3.24. The zero-order chi connectivity index (χ0) is 15.5. The summed E-state index contributed by atoms with van der Waals surface area (Å²) in [4.78, 5) is 26.3. The van der Waals surface area contributed by atoms with E-state index in [9.17, 15) is 9.59 Å². The van der Waals surface area contributed by atoms with Crippen molar-refractivity contribution in [2.75, 3.05) is 11.4 Å². The molecular formula is C16H24N4O2. The number of nitrogens with zero attached hydrogens (tertiary/aromatic N) is 3. The van der Waals surface area contributed by atoms with E-state index in [2.05, 4.69) is 10.4 Å². The molecule has 1 aromatic rings. The maximum absolute atomic E-state index is 12.4. The zero-order valence-corrected chi connectivity index (χ0v) is 13.1. The highest BCUT2D eigenvalue weighted by molar-refractivity contribution is 6.00. The molecule has 1 saturated heterocycles. The van der Waals surface area contributed by atoms with Crippen molar-refractivity contribution in [3.63, 3.8) is 0 Å². The topological polar surface area (TPSA) is 67.2 Å². The van der Waals surface area contributed by atoms with Gasteiger partial charge in [-0.2, -0.15) is 5.10 Å². The molecule has 0 spiro atoms. The van der Waals surface area contributed by atoms with E-state index in [0.717, 1.165) is 25.1 Å². The van der Waals surface area contributed by atoms with E-state index in [0.29, 0.717) is 19.0 Å². The second-order valence-corrected chi connectivity index (χ2v) is 6.30. The molecule has 1 atom stereocenters. The molecule has 1 aliphatic carbocycles. The third-order valence-electron chi connectivity index (χ3n) is 4.70. The molecule has 120 valence electrons. The van der Waals surface area contributed by atoms with Crippen molar-refractivity contribution >= 4 is 17.5 Å². The van der Waals surface area contributed by atoms with Crippen LogP contribution in [0.4, 0.5) is 5.69 Å². The summed E-state index contributed by atoms with van der Waals surface area (Å²) in [5.74, 6) is -0.190. The van der Waals surface area contributed by atoms with Gasteiger partial charge in [-0.1, -0.05) is 19.3 Å². The summed E-state index contributed by atoms with van der Waals surface area (Å²) in [6, 6.07) is 0.299. The molecule has 6 heteroatoms. The monoisotopic (exact) mass is 304 g/mol. The van der Waals surface area contributed by atoms with Crippen molar-refractivity contribution in [3.05, 3.63) is 12.4 Å². The summed E-state index contributed by atoms with van der Waals surface area (Å²) < 4.78 is 1.79. The fourth-order valence-electron chi connectivity index (χ4n) is 3.36. The average molecular weight is 304 g/mol. The molecule has 0 bridgehead atoms. The smallest absolute Gasteiger partial charge is 0.227 e. The van der Waals surface area contributed by atoms with E-state index in [-0.39, 0.29) is 17.7 Å². The quantitative estimate of drug-likeness (QED) is 0.920. The predicted octanol–water partition coefficient (Wildman–Crippen LogP) is 1.70. The molecule has 22 heavy (non-hydrogen) atoms. The van der Waals surface area contributed by atoms with Gasteiger partial charge in [-0.25, -0.2) is 0 Å². The van der Waals surface area contributed by atoms with E-state index in [4.69, 9.17) is 0 Å². The fraction of sp³-hybridized carbons (Fsp3) is 0.688. The van der Waals surface area contributed by atoms with Gasteiger partial charge in [-0.3, -0.25) is 14.3 Å². The summed E-state index contributed by atoms with van der Waals surface area (Å²) in [5.41, 5.74) is 0.791. The van der Waals surface area contributed by atoms with Crippen LogP contribution < -0.4 is 10.2 Å². The second kappa shape index (κ2) is 6.50. The van der Waals surface area contributed by atoms with E-state index in [1.165, 1.54) is 19.3 Å². The maximum Gasteiger partial charge on any atom is 0.227 e. The first-order chi connectivity index (χ1) is 10.7. The highest BCUT2D eigenvalue weighted by Crippen LogP contribution is 2.25. The Morgan fingerprint density at radius 3 is 2.82 bits per heavy atom. The third-order valence-corrected chi connectivity index (χ3v) is 4.70. The Hall–Kier alpha value is -1.85. The number of aromatic nitrogens is 2. The number of anilines is 1. The van der Waals surface area contributed by atoms with Crippen LogP contribution in [0.15, 0.2) is 12.4 Å². The first-order valence-corrected chi connectivity index (χ1v) is 8.30. The number of aryl methyl sites for hydroxylation is 1. The standard InChI is InChI=1S/C16H24N4O2/c1-2-19-11-14(9-17-19)20-10-12(8-15(20)21)16(22)18-13-6-4-3-5-7-13/h9,11-13H,2-8,10H2,1H3,(H,18,22)/t12-/m1/s1. The van der Waals surface area contributed by atoms with Crippen molar-refractivity contribution in [2.24, 2.45) is 5.92 Å². The Balaban J connectivity index is 1.59. The molecule has 0 radical (unpaired) electrons. The summed E-state index contributed by atoms with van der Waals surface area (Å²) >= 11 is 0. The lowest BCUT2D eigenvalue weighted by atomic mass is 9.95. The lowest BCUT2D eigenvalue weighted by Gasteiger charge is -2.24. The molecule has 1 saturated carbocycles. The number of nitrogens with one attached hydrogen (secondary N) is 1. The molecule has 2 amide bonds. The molecule has 0 unspecified atom stereocenters. The lowest BCUT2D eigenvalue weighted by molar-refractivity contribution is -0.127. The molecule has 0 aromatic carbocycles. The molecule has 2 heterocycles. The van der Waals surface area contributed by atoms with Gasteiger partial charge in [0, 0.05) is 31.7 Å². The first-order valence-electron chi connectivity index (χ1n) is 8.30. The van der Waals surface area contributed by atoms with Gasteiger partial charge in [-0.05, 0) is 19.8 Å². The van der Waals surface area contributed by atoms with Crippen molar-refractivity contribution in [1.29, 1.82) is 0 Å². The number of hydrogen-bond donors (Lipinski definition) is 1. The summed E-state index contributed by atoms with van der Waals surface area (Å²) in [7, 11) is 0. The number of amides is 2. The highest BCUT2D eigenvalue weighted by atomic mass is 16.2. The van der Waals surface area contributed by atoms with Crippen molar-refractivity contribution in [3.8, 4) is 0 Å². The van der Waals surface area contributed by atoms with Gasteiger partial charge in [0.2, 0.25) is 11.8 Å². The largest absolute Gasteiger partial charge is 0.353 e. The van der Waals surface area contributed by atoms with Gasteiger partial charge in [0.25, 0.3) is 0 Å². The SMILES string of the molecule is CCn1cc(N2C[C@H](C(=O)NC3CCCCC3)CC2=O)cn1. The van der Waals surface area contributed by atoms with Crippen molar-refractivity contribution < 1.29 is 9.59 Å². The Bertz CT molecular complexity index is 548. The summed E-state index contributed by atoms with van der Waals surface area (Å²) in [5, 5.41) is 7.33. The Morgan fingerprint density at radius 2 is 2.14 bits per heavy atom. The Kier molecular flexibility index (Phi) is 4.45. The van der Waals surface area contributed by atoms with Crippen LogP contribution in [0.3, 0.4) is 0 Å². The highest BCUT2D eigenvalue weighted by Gasteiger charge is 2.36. The van der Waals surface area contributed by atoms with Crippen LogP contribution in [0, 0.1) is 5.92 Å². The molecule has 1 aromatic heterocycles. The number of carbonyl (C=O) groups excluding carboxylic acids is 2. The number of hydrogen-bond acceptors (Lipinski definition) is 3. The van der Waals surface area contributed by atoms with Crippen LogP contribution in [0.5, 0.6) is 0 Å². The van der Waals surface area contributed by atoms with Crippen molar-refractivity contribution in [2.45, 2.75) is 58.0 Å². The summed E-state index contributed by atoms with van der Waals surface area (Å²) in [6.07, 6.45) is 9.65. The zero-order valence-electron chi connectivity index (χ0n) is 13.1. The van der Waals surface area contributed by atoms with E-state index in [1.807, 2.05) is 13.1 Å². The molecule has 3 rings (SSSR count). The predicted molar refractivity (Wildman–Crippen MR) is 83.4 cm³/mol. The molecule has 2 fully saturated rings. The average Bonchev–Trinajstić information content (AvgIpc) is 3.14. The van der Waals surface area contributed by atoms with Crippen molar-refractivity contribution in [1.82, 2.24) is 15.1 Å². The minimum atomic E-state index is -0.237. The lowest BCUT2D eigenvalue weighted by Crippen LogP contribution is -2.40. The van der Waals surface area contributed by atoms with Crippen LogP contribution in [0.2, 0.25) is 0 Å². The van der Waals surface area contributed by atoms with Gasteiger partial charge in [0.1, 0.15) is 0 Å². The van der Waals surface area contributed by atoms with E-state index in [1.54, 1.807) is 15.8 Å². The van der Waals surface area contributed by atoms with E-state index < -0.39 is 0 Å². The molecule has 1 aliphatic heterocycles. The van der Waals surface area contributed by atoms with E-state index >= 15 is 0 Å². The van der Waals surface area contributed by atoms with Crippen LogP contribution in [-0.4, -0.2) is 34.2 Å². The van der Waals surface area contributed by atoms with Crippen LogP contribution in [0.1, 0.15) is 45.4 Å². The molecular weight excluding hydrogens is 280 g/mol. The van der Waals surface area contributed by atoms with Crippen LogP contribution in [-0.2, 0) is 16.1 Å². The number of rotatable bonds is 4. The van der Waals surface area contributed by atoms with Crippen LogP contribution in [0.25, 0.3) is 0 Å². The second-order valence-electron chi connectivity index (χ2n) is 6.30. The fourth-order valence-corrected chi connectivity index (χ4v) is 3.36. The van der Waals surface area contributed by atoms with Gasteiger partial charge in [0.05, 0.1) is 17.8 Å². The molecule has 2 aliphatic rings. The van der Waals surface area contributed by atoms with Crippen LogP contribution >= 0.6 is 0 Å². The Morgan fingerprint density at radius 1 is 1.36 bits per heavy atom. The van der Waals surface area contributed by atoms with Gasteiger partial charge in [-0.15, -0.1) is 0 Å². The molecule has 6 nitrogen and oxygen atoms in total. The first kappa shape index (κ1) is 15.1. The molecule has 1 N–H and O–H groups in total. The van der Waals surface area contributed by atoms with Gasteiger partial charge in [0.15, 0.2) is 0 Å². The third kappa shape index (κ3) is 3.15. The maximum atomic E-state index is 12.4. The normalized spacial score (nSPS) is 23.0.